The number of benzene rings is 3. The van der Waals surface area contributed by atoms with Gasteiger partial charge in [-0.1, -0.05) is 24.3 Å². The Bertz CT molecular complexity index is 1340. The summed E-state index contributed by atoms with van der Waals surface area (Å²) in [6.07, 6.45) is 1.74. The first-order chi connectivity index (χ1) is 16.1. The number of aromatic amines is 1. The van der Waals surface area contributed by atoms with Crippen molar-refractivity contribution in [2.45, 2.75) is 0 Å². The molecule has 7 nitrogen and oxygen atoms in total. The molecular formula is C26H21N3O4. The molecular weight excluding hydrogens is 418 g/mol. The highest BCUT2D eigenvalue weighted by molar-refractivity contribution is 6.32. The maximum absolute atomic E-state index is 13.8. The highest BCUT2D eigenvalue weighted by Gasteiger charge is 2.22. The van der Waals surface area contributed by atoms with E-state index in [1.54, 1.807) is 42.5 Å². The molecule has 0 aliphatic rings. The molecule has 4 aromatic rings. The largest absolute Gasteiger partial charge is 0.493 e. The lowest BCUT2D eigenvalue weighted by atomic mass is 9.99. The van der Waals surface area contributed by atoms with Crippen LogP contribution in [0.2, 0.25) is 0 Å². The lowest BCUT2D eigenvalue weighted by molar-refractivity contribution is 0.105. The Labute approximate surface area is 190 Å². The topological polar surface area (TPSA) is 97.2 Å². The summed E-state index contributed by atoms with van der Waals surface area (Å²) in [7, 11) is 4.50. The van der Waals surface area contributed by atoms with Crippen molar-refractivity contribution in [2.75, 3.05) is 21.3 Å². The van der Waals surface area contributed by atoms with Crippen molar-refractivity contribution in [1.82, 2.24) is 9.97 Å². The number of nitrogens with one attached hydrogen (secondary N) is 1. The van der Waals surface area contributed by atoms with Crippen LogP contribution in [0, 0.1) is 11.3 Å². The number of hydrogen-bond donors (Lipinski definition) is 1. The van der Waals surface area contributed by atoms with Gasteiger partial charge < -0.3 is 19.2 Å². The summed E-state index contributed by atoms with van der Waals surface area (Å²) in [5.41, 5.74) is 3.56. The molecule has 1 heterocycles. The van der Waals surface area contributed by atoms with E-state index in [4.69, 9.17) is 19.5 Å². The molecule has 0 radical (unpaired) electrons. The van der Waals surface area contributed by atoms with Gasteiger partial charge in [0.25, 0.3) is 0 Å². The summed E-state index contributed by atoms with van der Waals surface area (Å²) in [5.74, 6) is 1.31. The van der Waals surface area contributed by atoms with Crippen LogP contribution in [0.1, 0.15) is 27.3 Å². The molecule has 3 aromatic carbocycles. The fraction of sp³-hybridized carbons (Fsp3) is 0.115. The van der Waals surface area contributed by atoms with Crippen LogP contribution in [0.15, 0.2) is 60.7 Å². The maximum Gasteiger partial charge on any atom is 0.203 e. The van der Waals surface area contributed by atoms with Crippen LogP contribution in [-0.2, 0) is 0 Å². The van der Waals surface area contributed by atoms with Gasteiger partial charge in [-0.15, -0.1) is 0 Å². The van der Waals surface area contributed by atoms with Crippen LogP contribution in [0.5, 0.6) is 17.2 Å². The number of aromatic nitrogens is 2. The van der Waals surface area contributed by atoms with E-state index < -0.39 is 0 Å². The van der Waals surface area contributed by atoms with Gasteiger partial charge in [0.15, 0.2) is 17.3 Å². The quantitative estimate of drug-likeness (QED) is 0.325. The Morgan fingerprint density at radius 1 is 0.970 bits per heavy atom. The second-order valence-corrected chi connectivity index (χ2v) is 7.14. The molecule has 0 saturated heterocycles. The molecule has 0 saturated carbocycles. The average Bonchev–Trinajstić information content (AvgIpc) is 3.30. The van der Waals surface area contributed by atoms with Crippen molar-refractivity contribution in [1.29, 1.82) is 5.26 Å². The number of carbonyl (C=O) groups excluding carboxylic acids is 1. The number of nitriles is 1. The highest BCUT2D eigenvalue weighted by atomic mass is 16.5. The van der Waals surface area contributed by atoms with Crippen LogP contribution in [0.4, 0.5) is 0 Å². The lowest BCUT2D eigenvalue weighted by Crippen LogP contribution is -2.06. The van der Waals surface area contributed by atoms with Crippen molar-refractivity contribution in [3.05, 3.63) is 83.2 Å². The number of ketones is 1. The van der Waals surface area contributed by atoms with E-state index in [2.05, 4.69) is 16.0 Å². The number of allylic oxidation sites excluding steroid dienone is 1. The maximum atomic E-state index is 13.8. The van der Waals surface area contributed by atoms with Crippen molar-refractivity contribution in [3.63, 3.8) is 0 Å². The Morgan fingerprint density at radius 2 is 1.64 bits per heavy atom. The molecule has 0 aliphatic heterocycles. The first-order valence-corrected chi connectivity index (χ1v) is 10.1. The van der Waals surface area contributed by atoms with E-state index in [1.165, 1.54) is 21.3 Å². The predicted octanol–water partition coefficient (Wildman–Crippen LogP) is 4.88. The van der Waals surface area contributed by atoms with Crippen LogP contribution >= 0.6 is 0 Å². The van der Waals surface area contributed by atoms with Crippen molar-refractivity contribution in [2.24, 2.45) is 0 Å². The number of fused-ring (bicyclic) bond motifs is 1. The van der Waals surface area contributed by atoms with E-state index in [-0.39, 0.29) is 5.78 Å². The average molecular weight is 439 g/mol. The summed E-state index contributed by atoms with van der Waals surface area (Å²) in [5, 5.41) is 9.08. The zero-order chi connectivity index (χ0) is 23.4. The minimum atomic E-state index is -0.280. The third-order valence-corrected chi connectivity index (χ3v) is 5.17. The second kappa shape index (κ2) is 9.28. The van der Waals surface area contributed by atoms with Gasteiger partial charge in [-0.2, -0.15) is 5.26 Å². The minimum Gasteiger partial charge on any atom is -0.493 e. The number of ether oxygens (including phenoxy) is 3. The predicted molar refractivity (Wildman–Crippen MR) is 126 cm³/mol. The van der Waals surface area contributed by atoms with Gasteiger partial charge in [-0.3, -0.25) is 4.79 Å². The molecule has 0 unspecified atom stereocenters. The molecule has 7 heteroatoms. The summed E-state index contributed by atoms with van der Waals surface area (Å²) in [6.45, 7) is 0. The van der Waals surface area contributed by atoms with Gasteiger partial charge in [-0.25, -0.2) is 4.98 Å². The molecule has 0 aliphatic carbocycles. The monoisotopic (exact) mass is 439 g/mol. The highest BCUT2D eigenvalue weighted by Crippen LogP contribution is 2.39. The number of para-hydroxylation sites is 2. The standard InChI is InChI=1S/C26H21N3O4/c1-31-22-13-18(14-23(32-2)25(22)33-3)24(30)19(12-16-8-10-17(15-27)11-9-16)26-28-20-6-4-5-7-21(20)29-26/h4-14H,1-3H3,(H,28,29)/b19-12+. The Kier molecular flexibility index (Phi) is 6.09. The summed E-state index contributed by atoms with van der Waals surface area (Å²) >= 11 is 0. The van der Waals surface area contributed by atoms with E-state index in [1.807, 2.05) is 24.3 Å². The van der Waals surface area contributed by atoms with Crippen molar-refractivity contribution in [3.8, 4) is 23.3 Å². The van der Waals surface area contributed by atoms with Crippen LogP contribution in [-0.4, -0.2) is 37.1 Å². The molecule has 0 spiro atoms. The zero-order valence-electron chi connectivity index (χ0n) is 18.4. The van der Waals surface area contributed by atoms with Gasteiger partial charge >= 0.3 is 0 Å². The first-order valence-electron chi connectivity index (χ1n) is 10.1. The first kappa shape index (κ1) is 21.7. The molecule has 0 bridgehead atoms. The van der Waals surface area contributed by atoms with Crippen LogP contribution in [0.3, 0.4) is 0 Å². The van der Waals surface area contributed by atoms with Gasteiger partial charge in [-0.05, 0) is 48.0 Å². The fourth-order valence-electron chi connectivity index (χ4n) is 3.51. The van der Waals surface area contributed by atoms with Gasteiger partial charge in [0.05, 0.1) is 49.6 Å². The van der Waals surface area contributed by atoms with Crippen LogP contribution in [0.25, 0.3) is 22.7 Å². The van der Waals surface area contributed by atoms with E-state index in [0.717, 1.165) is 16.6 Å². The molecule has 33 heavy (non-hydrogen) atoms. The smallest absolute Gasteiger partial charge is 0.203 e. The third-order valence-electron chi connectivity index (χ3n) is 5.17. The Morgan fingerprint density at radius 3 is 2.21 bits per heavy atom. The van der Waals surface area contributed by atoms with Gasteiger partial charge in [0, 0.05) is 5.56 Å². The van der Waals surface area contributed by atoms with E-state index >= 15 is 0 Å². The van der Waals surface area contributed by atoms with E-state index in [0.29, 0.717) is 39.8 Å². The number of H-pyrrole nitrogens is 1. The number of imidazole rings is 1. The van der Waals surface area contributed by atoms with Gasteiger partial charge in [0.1, 0.15) is 5.82 Å². The number of hydrogen-bond acceptors (Lipinski definition) is 6. The summed E-state index contributed by atoms with van der Waals surface area (Å²) < 4.78 is 16.2. The number of rotatable bonds is 7. The lowest BCUT2D eigenvalue weighted by Gasteiger charge is -2.14. The second-order valence-electron chi connectivity index (χ2n) is 7.14. The molecule has 0 atom stereocenters. The Balaban J connectivity index is 1.88. The SMILES string of the molecule is COc1cc(C(=O)/C(=C\c2ccc(C#N)cc2)c2nc3ccccc3[nH]2)cc(OC)c1OC. The molecule has 1 aromatic heterocycles. The number of nitrogens with zero attached hydrogens (tertiary/aromatic N) is 2. The Hall–Kier alpha value is -4.57. The molecule has 0 amide bonds. The van der Waals surface area contributed by atoms with Crippen molar-refractivity contribution < 1.29 is 19.0 Å². The molecule has 4 rings (SSSR count). The summed E-state index contributed by atoms with van der Waals surface area (Å²) in [6, 6.07) is 19.8. The van der Waals surface area contributed by atoms with E-state index in [9.17, 15) is 4.79 Å². The minimum absolute atomic E-state index is 0.280. The molecule has 0 fully saturated rings. The normalized spacial score (nSPS) is 11.2. The fourth-order valence-corrected chi connectivity index (χ4v) is 3.51. The van der Waals surface area contributed by atoms with Gasteiger partial charge in [0.2, 0.25) is 5.75 Å². The molecule has 1 N–H and O–H groups in total. The van der Waals surface area contributed by atoms with Crippen molar-refractivity contribution >= 4 is 28.5 Å². The number of Topliss-reactive ketones (excluding diaryl/α,β-unsaturated/α-hetero) is 1. The number of methoxy groups -OCH3 is 3. The third kappa shape index (κ3) is 4.27. The zero-order valence-corrected chi connectivity index (χ0v) is 18.4. The molecule has 164 valence electrons. The number of carbonyl (C=O) groups is 1. The van der Waals surface area contributed by atoms with Crippen LogP contribution < -0.4 is 14.2 Å². The summed E-state index contributed by atoms with van der Waals surface area (Å²) in [4.78, 5) is 21.6.